The molecule has 1 aromatic rings. The average molecular weight is 495 g/mol. The maximum Gasteiger partial charge on any atom is 0.0574 e. The van der Waals surface area contributed by atoms with Crippen molar-refractivity contribution in [1.29, 1.82) is 0 Å². The molecule has 0 fully saturated rings. The van der Waals surface area contributed by atoms with Gasteiger partial charge in [0.15, 0.2) is 0 Å². The molecule has 0 aromatic heterocycles. The van der Waals surface area contributed by atoms with Gasteiger partial charge in [-0.2, -0.15) is 0 Å². The van der Waals surface area contributed by atoms with Gasteiger partial charge in [0, 0.05) is 25.2 Å². The maximum atomic E-state index is 6.06. The summed E-state index contributed by atoms with van der Waals surface area (Å²) < 4.78 is 8.82. The second-order valence-electron chi connectivity index (χ2n) is 9.60. The molecule has 33 heavy (non-hydrogen) atoms. The third kappa shape index (κ3) is 12.0. The number of hydrogen-bond acceptors (Lipinski definition) is 4. The van der Waals surface area contributed by atoms with E-state index in [-0.39, 0.29) is 5.41 Å². The molecular weight excluding hydrogens is 448 g/mol. The molecule has 3 nitrogen and oxygen atoms in total. The predicted molar refractivity (Wildman–Crippen MR) is 149 cm³/mol. The number of rotatable bonds is 19. The van der Waals surface area contributed by atoms with Crippen molar-refractivity contribution in [2.24, 2.45) is 11.3 Å². The molecular formula is C28H47ClN2OS. The van der Waals surface area contributed by atoms with E-state index in [0.29, 0.717) is 12.0 Å². The third-order valence-corrected chi connectivity index (χ3v) is 7.64. The van der Waals surface area contributed by atoms with Gasteiger partial charge in [-0.1, -0.05) is 68.6 Å². The van der Waals surface area contributed by atoms with E-state index in [4.69, 9.17) is 16.3 Å². The maximum absolute atomic E-state index is 6.06. The van der Waals surface area contributed by atoms with Crippen LogP contribution < -0.4 is 4.72 Å². The molecule has 0 aliphatic carbocycles. The van der Waals surface area contributed by atoms with Crippen LogP contribution >= 0.6 is 24.4 Å². The fraction of sp³-hybridized carbons (Fsp3) is 0.643. The summed E-state index contributed by atoms with van der Waals surface area (Å²) in [5, 5.41) is 0.799. The molecule has 0 spiro atoms. The number of aryl methyl sites for hydroxylation is 1. The second kappa shape index (κ2) is 16.8. The van der Waals surface area contributed by atoms with Crippen LogP contribution in [0.15, 0.2) is 49.1 Å². The summed E-state index contributed by atoms with van der Waals surface area (Å²) in [4.78, 5) is 2.51. The zero-order valence-corrected chi connectivity index (χ0v) is 23.1. The lowest BCUT2D eigenvalue weighted by Crippen LogP contribution is -2.38. The van der Waals surface area contributed by atoms with Gasteiger partial charge in [-0.05, 0) is 94.0 Å². The number of halogens is 1. The van der Waals surface area contributed by atoms with Gasteiger partial charge >= 0.3 is 0 Å². The van der Waals surface area contributed by atoms with E-state index in [2.05, 4.69) is 68.6 Å². The zero-order chi connectivity index (χ0) is 24.7. The first-order valence-electron chi connectivity index (χ1n) is 12.4. The van der Waals surface area contributed by atoms with E-state index in [0.717, 1.165) is 76.0 Å². The summed E-state index contributed by atoms with van der Waals surface area (Å²) in [6, 6.07) is 8.29. The number of ether oxygens (including phenoxy) is 1. The first-order chi connectivity index (χ1) is 15.8. The number of methoxy groups -OCH3 is 1. The molecule has 188 valence electrons. The number of benzene rings is 1. The van der Waals surface area contributed by atoms with Crippen molar-refractivity contribution in [3.63, 3.8) is 0 Å². The minimum atomic E-state index is 0.267. The second-order valence-corrected chi connectivity index (χ2v) is 10.3. The van der Waals surface area contributed by atoms with Crippen LogP contribution in [0, 0.1) is 11.3 Å². The Bertz CT molecular complexity index is 681. The monoisotopic (exact) mass is 494 g/mol. The fourth-order valence-electron chi connectivity index (χ4n) is 4.49. The van der Waals surface area contributed by atoms with Crippen molar-refractivity contribution in [2.45, 2.75) is 71.3 Å². The van der Waals surface area contributed by atoms with Crippen molar-refractivity contribution in [2.75, 3.05) is 33.8 Å². The van der Waals surface area contributed by atoms with Crippen molar-refractivity contribution < 1.29 is 4.74 Å². The highest BCUT2D eigenvalue weighted by Crippen LogP contribution is 2.33. The van der Waals surface area contributed by atoms with Gasteiger partial charge in [0.05, 0.1) is 6.10 Å². The minimum absolute atomic E-state index is 0.267. The lowest BCUT2D eigenvalue weighted by Gasteiger charge is -2.37. The Morgan fingerprint density at radius 2 is 1.97 bits per heavy atom. The van der Waals surface area contributed by atoms with Crippen LogP contribution in [-0.4, -0.2) is 44.8 Å². The zero-order valence-electron chi connectivity index (χ0n) is 21.4. The van der Waals surface area contributed by atoms with Gasteiger partial charge < -0.3 is 9.64 Å². The minimum Gasteiger partial charge on any atom is -0.381 e. The van der Waals surface area contributed by atoms with E-state index in [1.165, 1.54) is 11.1 Å². The van der Waals surface area contributed by atoms with Gasteiger partial charge in [0.25, 0.3) is 0 Å². The van der Waals surface area contributed by atoms with Gasteiger partial charge in [0.1, 0.15) is 0 Å². The van der Waals surface area contributed by atoms with E-state index in [1.807, 2.05) is 25.3 Å². The van der Waals surface area contributed by atoms with E-state index < -0.39 is 0 Å². The molecule has 0 bridgehead atoms. The first kappa shape index (κ1) is 30.3. The van der Waals surface area contributed by atoms with Gasteiger partial charge in [-0.25, -0.2) is 0 Å². The number of nitrogens with zero attached hydrogens (tertiary/aromatic N) is 1. The molecule has 0 saturated heterocycles. The normalized spacial score (nSPS) is 15.2. The van der Waals surface area contributed by atoms with Gasteiger partial charge in [0.2, 0.25) is 0 Å². The Morgan fingerprint density at radius 1 is 1.27 bits per heavy atom. The van der Waals surface area contributed by atoms with Crippen LogP contribution in [0.2, 0.25) is 5.02 Å². The molecule has 0 radical (unpaired) electrons. The van der Waals surface area contributed by atoms with Crippen LogP contribution in [0.3, 0.4) is 0 Å². The highest BCUT2D eigenvalue weighted by atomic mass is 35.5. The van der Waals surface area contributed by atoms with Crippen molar-refractivity contribution in [3.05, 3.63) is 59.7 Å². The number of nitrogens with one attached hydrogen (secondary N) is 1. The smallest absolute Gasteiger partial charge is 0.0574 e. The summed E-state index contributed by atoms with van der Waals surface area (Å²) in [5.74, 6) is 0.371. The molecule has 0 aliphatic heterocycles. The predicted octanol–water partition coefficient (Wildman–Crippen LogP) is 7.38. The molecule has 1 N–H and O–H groups in total. The number of allylic oxidation sites excluding steroid dienone is 2. The molecule has 0 saturated carbocycles. The Morgan fingerprint density at radius 3 is 2.55 bits per heavy atom. The van der Waals surface area contributed by atoms with Gasteiger partial charge in [-0.15, -0.1) is 6.58 Å². The number of hydrogen-bond donors (Lipinski definition) is 2. The van der Waals surface area contributed by atoms with Crippen LogP contribution in [0.25, 0.3) is 0 Å². The Kier molecular flexibility index (Phi) is 15.4. The highest BCUT2D eigenvalue weighted by Gasteiger charge is 2.29. The third-order valence-electron chi connectivity index (χ3n) is 7.16. The number of thiol groups is 1. The molecule has 5 heteroatoms. The molecule has 0 heterocycles. The standard InChI is InChI=1S/C28H47ClN2OS/c1-7-23(3)24(4)11-16-27(32-6)10-9-21-31(5)22-28(8-2,19-20-30-33)18-17-25-12-14-26(29)15-13-25/h7,12-15,23,27,30,33H,1,4,8-11,16-22H2,2-3,5-6H3. The van der Waals surface area contributed by atoms with Crippen LogP contribution in [0.4, 0.5) is 0 Å². The van der Waals surface area contributed by atoms with E-state index >= 15 is 0 Å². The van der Waals surface area contributed by atoms with Crippen molar-refractivity contribution in [3.8, 4) is 0 Å². The molecule has 1 rings (SSSR count). The molecule has 1 aromatic carbocycles. The van der Waals surface area contributed by atoms with Crippen LogP contribution in [-0.2, 0) is 11.2 Å². The quantitative estimate of drug-likeness (QED) is 0.155. The average Bonchev–Trinajstić information content (AvgIpc) is 2.83. The molecule has 0 aliphatic rings. The largest absolute Gasteiger partial charge is 0.381 e. The summed E-state index contributed by atoms with van der Waals surface area (Å²) in [5.41, 5.74) is 2.87. The Hall–Kier alpha value is -0.780. The van der Waals surface area contributed by atoms with E-state index in [1.54, 1.807) is 0 Å². The van der Waals surface area contributed by atoms with Crippen molar-refractivity contribution in [1.82, 2.24) is 9.62 Å². The Balaban J connectivity index is 2.57. The lowest BCUT2D eigenvalue weighted by atomic mass is 9.76. The summed E-state index contributed by atoms with van der Waals surface area (Å²) in [6.45, 7) is 15.7. The molecule has 3 unspecified atom stereocenters. The van der Waals surface area contributed by atoms with Crippen LogP contribution in [0.1, 0.15) is 64.4 Å². The fourth-order valence-corrected chi connectivity index (χ4v) is 4.73. The SMILES string of the molecule is C=CC(C)C(=C)CCC(CCCN(C)CC(CC)(CCNS)CCc1ccc(Cl)cc1)OC. The summed E-state index contributed by atoms with van der Waals surface area (Å²) >= 11 is 10.3. The highest BCUT2D eigenvalue weighted by molar-refractivity contribution is 7.78. The molecule has 3 atom stereocenters. The van der Waals surface area contributed by atoms with Crippen LogP contribution in [0.5, 0.6) is 0 Å². The summed E-state index contributed by atoms with van der Waals surface area (Å²) in [7, 11) is 4.09. The van der Waals surface area contributed by atoms with Gasteiger partial charge in [-0.3, -0.25) is 4.72 Å². The van der Waals surface area contributed by atoms with Crippen molar-refractivity contribution >= 4 is 24.4 Å². The Labute approximate surface area is 214 Å². The van der Waals surface area contributed by atoms with E-state index in [9.17, 15) is 0 Å². The topological polar surface area (TPSA) is 24.5 Å². The lowest BCUT2D eigenvalue weighted by molar-refractivity contribution is 0.0801. The summed E-state index contributed by atoms with van der Waals surface area (Å²) in [6.07, 6.45) is 11.0. The molecule has 0 amide bonds. The first-order valence-corrected chi connectivity index (χ1v) is 13.2.